The second-order valence-electron chi connectivity index (χ2n) is 2.78. The second-order valence-corrected chi connectivity index (χ2v) is 2.78. The molecule has 0 saturated carbocycles. The zero-order valence-corrected chi connectivity index (χ0v) is 7.06. The van der Waals surface area contributed by atoms with Gasteiger partial charge in [-0.15, -0.1) is 0 Å². The summed E-state index contributed by atoms with van der Waals surface area (Å²) < 4.78 is 5.11. The summed E-state index contributed by atoms with van der Waals surface area (Å²) in [6, 6.07) is 5.85. The molecule has 0 aliphatic heterocycles. The Hall–Kier alpha value is -1.39. The van der Waals surface area contributed by atoms with Crippen LogP contribution in [-0.2, 0) is 11.3 Å². The molecule has 0 fully saturated rings. The van der Waals surface area contributed by atoms with Gasteiger partial charge in [0.2, 0.25) is 0 Å². The lowest BCUT2D eigenvalue weighted by Crippen LogP contribution is -2.03. The summed E-state index contributed by atoms with van der Waals surface area (Å²) in [6.45, 7) is 0.517. The number of fused-ring (bicyclic) bond motifs is 1. The minimum atomic E-state index is 0.517. The molecule has 68 valence electrons. The van der Waals surface area contributed by atoms with Gasteiger partial charge in [0.25, 0.3) is 0 Å². The van der Waals surface area contributed by atoms with Gasteiger partial charge in [0.05, 0.1) is 6.61 Å². The molecule has 1 heterocycles. The zero-order chi connectivity index (χ0) is 9.10. The first kappa shape index (κ1) is 8.22. The normalized spacial score (nSPS) is 10.8. The molecule has 0 unspecified atom stereocenters. The van der Waals surface area contributed by atoms with Crippen LogP contribution >= 0.6 is 0 Å². The Kier molecular flexibility index (Phi) is 2.25. The average molecular weight is 178 g/mol. The fraction of sp³-hybridized carbons (Fsp3) is 0.222. The van der Waals surface area contributed by atoms with Crippen molar-refractivity contribution in [3.63, 3.8) is 0 Å². The highest BCUT2D eigenvalue weighted by Crippen LogP contribution is 2.14. The number of aromatic nitrogens is 1. The van der Waals surface area contributed by atoms with E-state index in [1.807, 2.05) is 18.2 Å². The summed E-state index contributed by atoms with van der Waals surface area (Å²) in [5.41, 5.74) is 2.82. The topological polar surface area (TPSA) is 61.3 Å². The van der Waals surface area contributed by atoms with Crippen LogP contribution in [-0.4, -0.2) is 11.6 Å². The molecule has 4 nitrogen and oxygen atoms in total. The molecule has 4 heteroatoms. The molecule has 0 radical (unpaired) electrons. The van der Waals surface area contributed by atoms with Crippen molar-refractivity contribution in [2.45, 2.75) is 6.42 Å². The average Bonchev–Trinajstić information content (AvgIpc) is 2.61. The highest BCUT2D eigenvalue weighted by atomic mass is 16.6. The molecule has 0 spiro atoms. The Balaban J connectivity index is 2.26. The van der Waals surface area contributed by atoms with Gasteiger partial charge in [-0.2, -0.15) is 0 Å². The van der Waals surface area contributed by atoms with Gasteiger partial charge in [-0.05, 0) is 24.1 Å². The van der Waals surface area contributed by atoms with Crippen molar-refractivity contribution in [1.29, 1.82) is 0 Å². The molecule has 1 aromatic heterocycles. The molecule has 0 atom stereocenters. The smallest absolute Gasteiger partial charge is 0.181 e. The van der Waals surface area contributed by atoms with Gasteiger partial charge in [-0.3, -0.25) is 0 Å². The van der Waals surface area contributed by atoms with E-state index < -0.39 is 0 Å². The van der Waals surface area contributed by atoms with E-state index in [-0.39, 0.29) is 0 Å². The first-order chi connectivity index (χ1) is 6.40. The standard InChI is InChI=1S/C9H10N2O2/c10-13-4-3-7-1-2-9-8(5-7)11-6-12-9/h1-2,5-6H,3-4,10H2. The fourth-order valence-electron chi connectivity index (χ4n) is 1.24. The molecule has 0 aliphatic rings. The van der Waals surface area contributed by atoms with Gasteiger partial charge in [-0.25, -0.2) is 10.9 Å². The Morgan fingerprint density at radius 2 is 2.38 bits per heavy atom. The zero-order valence-electron chi connectivity index (χ0n) is 7.06. The lowest BCUT2D eigenvalue weighted by Gasteiger charge is -1.98. The van der Waals surface area contributed by atoms with E-state index in [1.54, 1.807) is 0 Å². The van der Waals surface area contributed by atoms with Crippen LogP contribution in [0.3, 0.4) is 0 Å². The number of hydrogen-bond acceptors (Lipinski definition) is 4. The third-order valence-corrected chi connectivity index (χ3v) is 1.90. The Morgan fingerprint density at radius 1 is 1.46 bits per heavy atom. The van der Waals surface area contributed by atoms with Crippen molar-refractivity contribution in [2.24, 2.45) is 5.90 Å². The van der Waals surface area contributed by atoms with Crippen LogP contribution in [0.2, 0.25) is 0 Å². The fourth-order valence-corrected chi connectivity index (χ4v) is 1.24. The first-order valence-corrected chi connectivity index (χ1v) is 4.04. The van der Waals surface area contributed by atoms with Crippen LogP contribution in [0.15, 0.2) is 29.0 Å². The quantitative estimate of drug-likeness (QED) is 0.719. The van der Waals surface area contributed by atoms with E-state index in [0.29, 0.717) is 6.61 Å². The molecule has 2 rings (SSSR count). The van der Waals surface area contributed by atoms with Crippen LogP contribution in [0.1, 0.15) is 5.56 Å². The minimum absolute atomic E-state index is 0.517. The van der Waals surface area contributed by atoms with Gasteiger partial charge in [-0.1, -0.05) is 6.07 Å². The van der Waals surface area contributed by atoms with Crippen LogP contribution in [0.25, 0.3) is 11.1 Å². The van der Waals surface area contributed by atoms with Crippen LogP contribution in [0.5, 0.6) is 0 Å². The maximum atomic E-state index is 5.11. The molecule has 1 aromatic carbocycles. The highest BCUT2D eigenvalue weighted by Gasteiger charge is 1.99. The van der Waals surface area contributed by atoms with E-state index in [9.17, 15) is 0 Å². The molecule has 0 bridgehead atoms. The number of oxazole rings is 1. The number of nitrogens with zero attached hydrogens (tertiary/aromatic N) is 1. The van der Waals surface area contributed by atoms with E-state index in [2.05, 4.69) is 9.82 Å². The Morgan fingerprint density at radius 3 is 3.23 bits per heavy atom. The summed E-state index contributed by atoms with van der Waals surface area (Å²) >= 11 is 0. The summed E-state index contributed by atoms with van der Waals surface area (Å²) in [4.78, 5) is 8.54. The second kappa shape index (κ2) is 3.55. The van der Waals surface area contributed by atoms with Gasteiger partial charge in [0.1, 0.15) is 5.52 Å². The monoisotopic (exact) mass is 178 g/mol. The van der Waals surface area contributed by atoms with Gasteiger partial charge in [0.15, 0.2) is 12.0 Å². The summed E-state index contributed by atoms with van der Waals surface area (Å²) in [6.07, 6.45) is 2.23. The summed E-state index contributed by atoms with van der Waals surface area (Å²) in [7, 11) is 0. The Bertz CT molecular complexity index is 397. The predicted octanol–water partition coefficient (Wildman–Crippen LogP) is 1.26. The highest BCUT2D eigenvalue weighted by molar-refractivity contribution is 5.72. The minimum Gasteiger partial charge on any atom is -0.443 e. The SMILES string of the molecule is NOCCc1ccc2ocnc2c1. The molecule has 0 saturated heterocycles. The maximum Gasteiger partial charge on any atom is 0.181 e. The third kappa shape index (κ3) is 1.68. The number of hydrogen-bond donors (Lipinski definition) is 1. The van der Waals surface area contributed by atoms with Crippen LogP contribution in [0.4, 0.5) is 0 Å². The van der Waals surface area contributed by atoms with Gasteiger partial charge in [0, 0.05) is 0 Å². The van der Waals surface area contributed by atoms with Crippen LogP contribution in [0, 0.1) is 0 Å². The lowest BCUT2D eigenvalue weighted by molar-refractivity contribution is 0.141. The van der Waals surface area contributed by atoms with Crippen molar-refractivity contribution in [3.05, 3.63) is 30.2 Å². The Labute approximate surface area is 75.3 Å². The van der Waals surface area contributed by atoms with E-state index >= 15 is 0 Å². The predicted molar refractivity (Wildman–Crippen MR) is 47.9 cm³/mol. The number of nitrogens with two attached hydrogens (primary N) is 1. The van der Waals surface area contributed by atoms with Crippen molar-refractivity contribution in [3.8, 4) is 0 Å². The van der Waals surface area contributed by atoms with Crippen molar-refractivity contribution in [2.75, 3.05) is 6.61 Å². The van der Waals surface area contributed by atoms with E-state index in [4.69, 9.17) is 10.3 Å². The maximum absolute atomic E-state index is 5.11. The summed E-state index contributed by atoms with van der Waals surface area (Å²) in [5, 5.41) is 0. The lowest BCUT2D eigenvalue weighted by atomic mass is 10.1. The molecule has 0 amide bonds. The van der Waals surface area contributed by atoms with E-state index in [1.165, 1.54) is 6.39 Å². The van der Waals surface area contributed by atoms with Crippen molar-refractivity contribution >= 4 is 11.1 Å². The van der Waals surface area contributed by atoms with Gasteiger partial charge >= 0.3 is 0 Å². The van der Waals surface area contributed by atoms with Crippen LogP contribution < -0.4 is 5.90 Å². The van der Waals surface area contributed by atoms with E-state index in [0.717, 1.165) is 23.1 Å². The molecular weight excluding hydrogens is 168 g/mol. The molecule has 2 aromatic rings. The molecule has 2 N–H and O–H groups in total. The summed E-state index contributed by atoms with van der Waals surface area (Å²) in [5.74, 6) is 4.93. The molecular formula is C9H10N2O2. The van der Waals surface area contributed by atoms with Gasteiger partial charge < -0.3 is 9.25 Å². The molecule has 13 heavy (non-hydrogen) atoms. The largest absolute Gasteiger partial charge is 0.443 e. The third-order valence-electron chi connectivity index (χ3n) is 1.90. The van der Waals surface area contributed by atoms with Crippen molar-refractivity contribution < 1.29 is 9.25 Å². The number of benzene rings is 1. The first-order valence-electron chi connectivity index (χ1n) is 4.04. The number of rotatable bonds is 3. The molecule has 0 aliphatic carbocycles. The van der Waals surface area contributed by atoms with Crippen molar-refractivity contribution in [1.82, 2.24) is 4.98 Å².